The van der Waals surface area contributed by atoms with E-state index in [2.05, 4.69) is 20.8 Å². The van der Waals surface area contributed by atoms with E-state index in [0.717, 1.165) is 42.0 Å². The molecule has 2 rings (SSSR count). The van der Waals surface area contributed by atoms with E-state index in [1.54, 1.807) is 0 Å². The fourth-order valence-electron chi connectivity index (χ4n) is 2.62. The van der Waals surface area contributed by atoms with Crippen molar-refractivity contribution in [2.45, 2.75) is 52.9 Å². The molecule has 0 atom stereocenters. The molecule has 0 radical (unpaired) electrons. The van der Waals surface area contributed by atoms with E-state index < -0.39 is 11.7 Å². The molecule has 27 heavy (non-hydrogen) atoms. The predicted octanol–water partition coefficient (Wildman–Crippen LogP) is 4.07. The number of hydrogen-bond acceptors (Lipinski definition) is 3. The van der Waals surface area contributed by atoms with Gasteiger partial charge < -0.3 is 15.2 Å². The minimum absolute atomic E-state index is 0.276. The van der Waals surface area contributed by atoms with Gasteiger partial charge in [0.1, 0.15) is 5.76 Å². The van der Waals surface area contributed by atoms with Crippen molar-refractivity contribution < 1.29 is 17.7 Å². The summed E-state index contributed by atoms with van der Waals surface area (Å²) in [5.41, 5.74) is 1.98. The van der Waals surface area contributed by atoms with Gasteiger partial charge in [-0.2, -0.15) is 13.2 Å². The lowest BCUT2D eigenvalue weighted by Crippen LogP contribution is -2.37. The minimum atomic E-state index is -4.33. The number of benzene rings is 1. The maximum absolute atomic E-state index is 12.6. The Morgan fingerprint density at radius 2 is 1.78 bits per heavy atom. The van der Waals surface area contributed by atoms with Crippen molar-refractivity contribution in [2.75, 3.05) is 6.54 Å². The molecule has 0 aliphatic heterocycles. The van der Waals surface area contributed by atoms with Crippen LogP contribution in [0.2, 0.25) is 0 Å². The van der Waals surface area contributed by atoms with Crippen LogP contribution in [0.15, 0.2) is 33.8 Å². The third-order valence-electron chi connectivity index (χ3n) is 4.08. The molecule has 8 heteroatoms. The van der Waals surface area contributed by atoms with E-state index in [1.165, 1.54) is 12.1 Å². The number of guanidine groups is 1. The zero-order valence-corrected chi connectivity index (χ0v) is 15.8. The SMILES string of the molecule is CCNC(=NCc1ccc(C(F)(F)F)cc1)NCc1c(CC)noc1CC. The van der Waals surface area contributed by atoms with E-state index in [9.17, 15) is 13.2 Å². The van der Waals surface area contributed by atoms with Gasteiger partial charge in [0.15, 0.2) is 5.96 Å². The highest BCUT2D eigenvalue weighted by molar-refractivity contribution is 5.79. The van der Waals surface area contributed by atoms with Gasteiger partial charge in [0.05, 0.1) is 17.8 Å². The molecule has 0 aliphatic carbocycles. The predicted molar refractivity (Wildman–Crippen MR) is 98.4 cm³/mol. The largest absolute Gasteiger partial charge is 0.416 e. The Morgan fingerprint density at radius 1 is 1.07 bits per heavy atom. The molecule has 0 spiro atoms. The van der Waals surface area contributed by atoms with Gasteiger partial charge in [0.2, 0.25) is 0 Å². The van der Waals surface area contributed by atoms with Gasteiger partial charge >= 0.3 is 6.18 Å². The van der Waals surface area contributed by atoms with E-state index in [0.29, 0.717) is 24.6 Å². The molecule has 1 aromatic heterocycles. The standard InChI is InChI=1S/C19H25F3N4O/c1-4-16-15(17(5-2)27-26-16)12-25-18(23-6-3)24-11-13-7-9-14(10-8-13)19(20,21)22/h7-10H,4-6,11-12H2,1-3H3,(H2,23,24,25). The normalized spacial score (nSPS) is 12.3. The summed E-state index contributed by atoms with van der Waals surface area (Å²) in [5, 5.41) is 10.5. The highest BCUT2D eigenvalue weighted by atomic mass is 19.4. The van der Waals surface area contributed by atoms with Crippen molar-refractivity contribution in [1.29, 1.82) is 0 Å². The van der Waals surface area contributed by atoms with E-state index >= 15 is 0 Å². The second-order valence-electron chi connectivity index (χ2n) is 5.98. The first-order chi connectivity index (χ1) is 12.9. The Labute approximate surface area is 157 Å². The zero-order valence-electron chi connectivity index (χ0n) is 15.8. The van der Waals surface area contributed by atoms with Crippen molar-refractivity contribution in [3.05, 3.63) is 52.4 Å². The zero-order chi connectivity index (χ0) is 19.9. The molecule has 0 saturated heterocycles. The molecule has 1 heterocycles. The third-order valence-corrected chi connectivity index (χ3v) is 4.08. The molecular weight excluding hydrogens is 357 g/mol. The lowest BCUT2D eigenvalue weighted by molar-refractivity contribution is -0.137. The van der Waals surface area contributed by atoms with Crippen LogP contribution >= 0.6 is 0 Å². The number of nitrogens with one attached hydrogen (secondary N) is 2. The van der Waals surface area contributed by atoms with E-state index in [-0.39, 0.29) is 6.54 Å². The Bertz CT molecular complexity index is 730. The molecule has 2 aromatic rings. The number of nitrogens with zero attached hydrogens (tertiary/aromatic N) is 2. The fourth-order valence-corrected chi connectivity index (χ4v) is 2.62. The van der Waals surface area contributed by atoms with Crippen molar-refractivity contribution in [3.8, 4) is 0 Å². The highest BCUT2D eigenvalue weighted by Gasteiger charge is 2.29. The van der Waals surface area contributed by atoms with E-state index in [1.807, 2.05) is 20.8 Å². The summed E-state index contributed by atoms with van der Waals surface area (Å²) in [7, 11) is 0. The maximum Gasteiger partial charge on any atom is 0.416 e. The first-order valence-electron chi connectivity index (χ1n) is 9.03. The highest BCUT2D eigenvalue weighted by Crippen LogP contribution is 2.29. The molecule has 0 unspecified atom stereocenters. The third kappa shape index (κ3) is 5.74. The average molecular weight is 382 g/mol. The summed E-state index contributed by atoms with van der Waals surface area (Å²) in [6.07, 6.45) is -2.80. The van der Waals surface area contributed by atoms with Crippen LogP contribution in [-0.2, 0) is 32.1 Å². The van der Waals surface area contributed by atoms with Gasteiger partial charge in [-0.25, -0.2) is 4.99 Å². The summed E-state index contributed by atoms with van der Waals surface area (Å²) in [4.78, 5) is 4.45. The summed E-state index contributed by atoms with van der Waals surface area (Å²) >= 11 is 0. The minimum Gasteiger partial charge on any atom is -0.361 e. The fraction of sp³-hybridized carbons (Fsp3) is 0.474. The van der Waals surface area contributed by atoms with E-state index in [4.69, 9.17) is 4.52 Å². The molecule has 0 aliphatic rings. The van der Waals surface area contributed by atoms with Crippen LogP contribution < -0.4 is 10.6 Å². The Morgan fingerprint density at radius 3 is 2.33 bits per heavy atom. The number of aryl methyl sites for hydroxylation is 2. The molecule has 2 N–H and O–H groups in total. The second kappa shape index (κ2) is 9.43. The van der Waals surface area contributed by atoms with Gasteiger partial charge in [-0.05, 0) is 31.0 Å². The number of alkyl halides is 3. The van der Waals surface area contributed by atoms with Crippen LogP contribution in [-0.4, -0.2) is 17.7 Å². The van der Waals surface area contributed by atoms with Crippen molar-refractivity contribution >= 4 is 5.96 Å². The summed E-state index contributed by atoms with van der Waals surface area (Å²) < 4.78 is 43.3. The Balaban J connectivity index is 2.05. The summed E-state index contributed by atoms with van der Waals surface area (Å²) in [5.74, 6) is 1.43. The number of rotatable bonds is 7. The van der Waals surface area contributed by atoms with Gasteiger partial charge in [-0.3, -0.25) is 0 Å². The number of hydrogen-bond donors (Lipinski definition) is 2. The van der Waals surface area contributed by atoms with Gasteiger partial charge in [-0.1, -0.05) is 31.1 Å². The van der Waals surface area contributed by atoms with Crippen LogP contribution in [0.3, 0.4) is 0 Å². The van der Waals surface area contributed by atoms with Gasteiger partial charge in [0, 0.05) is 25.1 Å². The van der Waals surface area contributed by atoms with Crippen molar-refractivity contribution in [2.24, 2.45) is 4.99 Å². The van der Waals surface area contributed by atoms with Crippen LogP contribution in [0.5, 0.6) is 0 Å². The lowest BCUT2D eigenvalue weighted by atomic mass is 10.1. The molecule has 0 fully saturated rings. The monoisotopic (exact) mass is 382 g/mol. The van der Waals surface area contributed by atoms with Crippen molar-refractivity contribution in [1.82, 2.24) is 15.8 Å². The van der Waals surface area contributed by atoms with Crippen LogP contribution in [0, 0.1) is 0 Å². The summed E-state index contributed by atoms with van der Waals surface area (Å²) in [6.45, 7) is 7.44. The van der Waals surface area contributed by atoms with Crippen LogP contribution in [0.4, 0.5) is 13.2 Å². The molecule has 0 saturated carbocycles. The molecule has 0 bridgehead atoms. The van der Waals surface area contributed by atoms with Crippen LogP contribution in [0.1, 0.15) is 48.9 Å². The Kier molecular flexibility index (Phi) is 7.27. The molecule has 1 aromatic carbocycles. The Hall–Kier alpha value is -2.51. The quantitative estimate of drug-likeness (QED) is 0.560. The number of aliphatic imine (C=N–C) groups is 1. The first-order valence-corrected chi connectivity index (χ1v) is 9.03. The van der Waals surface area contributed by atoms with Crippen LogP contribution in [0.25, 0.3) is 0 Å². The van der Waals surface area contributed by atoms with Crippen molar-refractivity contribution in [3.63, 3.8) is 0 Å². The summed E-state index contributed by atoms with van der Waals surface area (Å²) in [6, 6.07) is 5.04. The smallest absolute Gasteiger partial charge is 0.361 e. The average Bonchev–Trinajstić information content (AvgIpc) is 3.05. The molecule has 5 nitrogen and oxygen atoms in total. The number of aromatic nitrogens is 1. The molecule has 0 amide bonds. The lowest BCUT2D eigenvalue weighted by Gasteiger charge is -2.12. The topological polar surface area (TPSA) is 62.5 Å². The maximum atomic E-state index is 12.6. The number of halogens is 3. The first kappa shape index (κ1) is 20.8. The second-order valence-corrected chi connectivity index (χ2v) is 5.98. The van der Waals surface area contributed by atoms with Gasteiger partial charge in [0.25, 0.3) is 0 Å². The van der Waals surface area contributed by atoms with Gasteiger partial charge in [-0.15, -0.1) is 0 Å². The molecular formula is C19H25F3N4O. The molecule has 148 valence electrons.